The van der Waals surface area contributed by atoms with Gasteiger partial charge in [0.15, 0.2) is 0 Å². The highest BCUT2D eigenvalue weighted by Crippen LogP contribution is 2.23. The van der Waals surface area contributed by atoms with Crippen molar-refractivity contribution in [3.63, 3.8) is 0 Å². The first-order chi connectivity index (χ1) is 16.1. The number of ether oxygens (including phenoxy) is 1. The van der Waals surface area contributed by atoms with Crippen molar-refractivity contribution < 1.29 is 22.7 Å². The fraction of sp³-hybridized carbons (Fsp3) is 0.0870. The van der Waals surface area contributed by atoms with Gasteiger partial charge in [0.25, 0.3) is 5.91 Å². The highest BCUT2D eigenvalue weighted by molar-refractivity contribution is 9.10. The summed E-state index contributed by atoms with van der Waals surface area (Å²) in [4.78, 5) is 24.5. The number of hydrogen-bond acceptors (Lipinski definition) is 6. The van der Waals surface area contributed by atoms with Gasteiger partial charge in [0.05, 0.1) is 23.2 Å². The maximum Gasteiger partial charge on any atom is 0.343 e. The lowest BCUT2D eigenvalue weighted by atomic mass is 10.1. The Labute approximate surface area is 210 Å². The molecular formula is C23H19BrClN3O5S. The number of nitrogens with one attached hydrogen (secondary N) is 2. The van der Waals surface area contributed by atoms with Crippen LogP contribution in [0.4, 0.5) is 0 Å². The van der Waals surface area contributed by atoms with Gasteiger partial charge in [0.2, 0.25) is 10.0 Å². The normalized spacial score (nSPS) is 11.4. The minimum Gasteiger partial charge on any atom is -0.422 e. The van der Waals surface area contributed by atoms with E-state index in [-0.39, 0.29) is 10.6 Å². The standard InChI is InChI=1S/C23H19BrClN3O5S/c1-15-2-4-16(5-3-15)23(30)33-21-11-6-18(24)12-17(21)13-26-28-22(29)14-27-34(31,32)20-9-7-19(25)8-10-20/h2-13,27H,14H2,1H3,(H,28,29). The van der Waals surface area contributed by atoms with Gasteiger partial charge in [-0.05, 0) is 61.5 Å². The van der Waals surface area contributed by atoms with Gasteiger partial charge in [-0.15, -0.1) is 0 Å². The van der Waals surface area contributed by atoms with Crippen LogP contribution in [0.15, 0.2) is 81.2 Å². The lowest BCUT2D eigenvalue weighted by Crippen LogP contribution is -2.34. The zero-order chi connectivity index (χ0) is 24.7. The number of aryl methyl sites for hydroxylation is 1. The van der Waals surface area contributed by atoms with Crippen LogP contribution >= 0.6 is 27.5 Å². The van der Waals surface area contributed by atoms with Crippen LogP contribution in [0.3, 0.4) is 0 Å². The fourth-order valence-corrected chi connectivity index (χ4v) is 4.12. The van der Waals surface area contributed by atoms with Crippen LogP contribution in [0.25, 0.3) is 0 Å². The average molecular weight is 565 g/mol. The maximum absolute atomic E-state index is 12.4. The minimum atomic E-state index is -3.89. The first-order valence-electron chi connectivity index (χ1n) is 9.79. The Morgan fingerprint density at radius 2 is 1.74 bits per heavy atom. The Morgan fingerprint density at radius 3 is 2.41 bits per heavy atom. The van der Waals surface area contributed by atoms with Gasteiger partial charge >= 0.3 is 5.97 Å². The van der Waals surface area contributed by atoms with Crippen LogP contribution in [0.1, 0.15) is 21.5 Å². The molecular weight excluding hydrogens is 546 g/mol. The van der Waals surface area contributed by atoms with Crippen LogP contribution in [0.5, 0.6) is 5.75 Å². The van der Waals surface area contributed by atoms with E-state index in [9.17, 15) is 18.0 Å². The van der Waals surface area contributed by atoms with Crippen molar-refractivity contribution in [2.24, 2.45) is 5.10 Å². The summed E-state index contributed by atoms with van der Waals surface area (Å²) >= 11 is 9.09. The second-order valence-electron chi connectivity index (χ2n) is 7.01. The number of hydrogen-bond donors (Lipinski definition) is 2. The maximum atomic E-state index is 12.4. The molecule has 0 saturated carbocycles. The van der Waals surface area contributed by atoms with Crippen LogP contribution < -0.4 is 14.9 Å². The second kappa shape index (κ2) is 11.4. The third kappa shape index (κ3) is 7.22. The zero-order valence-corrected chi connectivity index (χ0v) is 20.9. The molecule has 0 radical (unpaired) electrons. The molecule has 1 amide bonds. The highest BCUT2D eigenvalue weighted by atomic mass is 79.9. The molecule has 0 bridgehead atoms. The largest absolute Gasteiger partial charge is 0.422 e. The van der Waals surface area contributed by atoms with Gasteiger partial charge in [-0.2, -0.15) is 5.10 Å². The van der Waals surface area contributed by atoms with E-state index in [2.05, 4.69) is 31.2 Å². The van der Waals surface area contributed by atoms with E-state index in [1.807, 2.05) is 6.92 Å². The van der Waals surface area contributed by atoms with Gasteiger partial charge < -0.3 is 4.74 Å². The summed E-state index contributed by atoms with van der Waals surface area (Å²) in [5.41, 5.74) is 4.04. The lowest BCUT2D eigenvalue weighted by molar-refractivity contribution is -0.119. The molecule has 0 unspecified atom stereocenters. The van der Waals surface area contributed by atoms with Gasteiger partial charge in [-0.3, -0.25) is 4.79 Å². The summed E-state index contributed by atoms with van der Waals surface area (Å²) < 4.78 is 32.8. The number of rotatable bonds is 8. The Bertz CT molecular complexity index is 1330. The molecule has 0 aliphatic rings. The molecule has 0 heterocycles. The van der Waals surface area contributed by atoms with Gasteiger partial charge in [-0.1, -0.05) is 45.2 Å². The molecule has 3 aromatic carbocycles. The zero-order valence-electron chi connectivity index (χ0n) is 17.8. The van der Waals surface area contributed by atoms with E-state index in [0.29, 0.717) is 20.6 Å². The summed E-state index contributed by atoms with van der Waals surface area (Å²) in [6.45, 7) is 1.38. The molecule has 0 spiro atoms. The number of sulfonamides is 1. The van der Waals surface area contributed by atoms with Crippen LogP contribution in [0, 0.1) is 6.92 Å². The quantitative estimate of drug-likeness (QED) is 0.185. The molecule has 0 fully saturated rings. The number of nitrogens with zero attached hydrogens (tertiary/aromatic N) is 1. The summed E-state index contributed by atoms with van der Waals surface area (Å²) in [6, 6.07) is 17.4. The number of carbonyl (C=O) groups excluding carboxylic acids is 2. The third-order valence-corrected chi connectivity index (χ3v) is 6.56. The average Bonchev–Trinajstić information content (AvgIpc) is 2.80. The van der Waals surface area contributed by atoms with E-state index in [1.54, 1.807) is 42.5 Å². The lowest BCUT2D eigenvalue weighted by Gasteiger charge is -2.08. The van der Waals surface area contributed by atoms with E-state index >= 15 is 0 Å². The van der Waals surface area contributed by atoms with Gasteiger partial charge in [-0.25, -0.2) is 23.4 Å². The Hall–Kier alpha value is -3.05. The molecule has 8 nitrogen and oxygen atoms in total. The third-order valence-electron chi connectivity index (χ3n) is 4.40. The molecule has 0 aliphatic heterocycles. The molecule has 2 N–H and O–H groups in total. The van der Waals surface area contributed by atoms with E-state index in [1.165, 1.54) is 30.5 Å². The first kappa shape index (κ1) is 25.6. The van der Waals surface area contributed by atoms with Crippen molar-refractivity contribution in [1.82, 2.24) is 10.1 Å². The molecule has 176 valence electrons. The molecule has 0 aliphatic carbocycles. The predicted molar refractivity (Wildman–Crippen MR) is 133 cm³/mol. The van der Waals surface area contributed by atoms with Crippen molar-refractivity contribution >= 4 is 55.6 Å². The number of benzene rings is 3. The molecule has 34 heavy (non-hydrogen) atoms. The Balaban J connectivity index is 1.62. The SMILES string of the molecule is Cc1ccc(C(=O)Oc2ccc(Br)cc2C=NNC(=O)CNS(=O)(=O)c2ccc(Cl)cc2)cc1. The minimum absolute atomic E-state index is 0.0256. The number of halogens is 2. The molecule has 11 heteroatoms. The van der Waals surface area contributed by atoms with Crippen LogP contribution in [-0.4, -0.2) is 33.1 Å². The molecule has 0 saturated heterocycles. The number of amides is 1. The second-order valence-corrected chi connectivity index (χ2v) is 10.1. The van der Waals surface area contributed by atoms with E-state index in [0.717, 1.165) is 5.56 Å². The van der Waals surface area contributed by atoms with Gasteiger partial charge in [0.1, 0.15) is 5.75 Å². The topological polar surface area (TPSA) is 114 Å². The van der Waals surface area contributed by atoms with Crippen molar-refractivity contribution in [3.8, 4) is 5.75 Å². The summed E-state index contributed by atoms with van der Waals surface area (Å²) in [5.74, 6) is -1.00. The number of carbonyl (C=O) groups is 2. The van der Waals surface area contributed by atoms with Crippen LogP contribution in [-0.2, 0) is 14.8 Å². The Morgan fingerprint density at radius 1 is 1.06 bits per heavy atom. The summed E-state index contributed by atoms with van der Waals surface area (Å²) in [7, 11) is -3.89. The van der Waals surface area contributed by atoms with Gasteiger partial charge in [0, 0.05) is 15.1 Å². The Kier molecular flexibility index (Phi) is 8.56. The van der Waals surface area contributed by atoms with Crippen molar-refractivity contribution in [3.05, 3.63) is 92.9 Å². The van der Waals surface area contributed by atoms with E-state index in [4.69, 9.17) is 16.3 Å². The van der Waals surface area contributed by atoms with Crippen molar-refractivity contribution in [1.29, 1.82) is 0 Å². The first-order valence-corrected chi connectivity index (χ1v) is 12.4. The van der Waals surface area contributed by atoms with Crippen molar-refractivity contribution in [2.45, 2.75) is 11.8 Å². The highest BCUT2D eigenvalue weighted by Gasteiger charge is 2.15. The number of esters is 1. The fourth-order valence-electron chi connectivity index (χ4n) is 2.63. The summed E-state index contributed by atoms with van der Waals surface area (Å²) in [6.07, 6.45) is 1.29. The molecule has 3 rings (SSSR count). The smallest absolute Gasteiger partial charge is 0.343 e. The predicted octanol–water partition coefficient (Wildman–Crippen LogP) is 4.06. The van der Waals surface area contributed by atoms with E-state index < -0.39 is 28.4 Å². The molecule has 3 aromatic rings. The van der Waals surface area contributed by atoms with Crippen LogP contribution in [0.2, 0.25) is 5.02 Å². The number of hydrazone groups is 1. The monoisotopic (exact) mass is 563 g/mol. The molecule has 0 atom stereocenters. The molecule has 0 aromatic heterocycles. The van der Waals surface area contributed by atoms with Crippen molar-refractivity contribution in [2.75, 3.05) is 6.54 Å². The summed E-state index contributed by atoms with van der Waals surface area (Å²) in [5, 5.41) is 4.22.